The van der Waals surface area contributed by atoms with E-state index in [0.717, 1.165) is 32.7 Å². The fourth-order valence-corrected chi connectivity index (χ4v) is 3.99. The lowest BCUT2D eigenvalue weighted by atomic mass is 10.2. The first-order chi connectivity index (χ1) is 9.03. The van der Waals surface area contributed by atoms with Crippen molar-refractivity contribution in [3.63, 3.8) is 0 Å². The largest absolute Gasteiger partial charge is 0.381 e. The average molecular weight is 325 g/mol. The third kappa shape index (κ3) is 13.4. The van der Waals surface area contributed by atoms with Gasteiger partial charge in [0, 0.05) is 25.9 Å². The summed E-state index contributed by atoms with van der Waals surface area (Å²) in [7, 11) is -4.11. The normalized spacial score (nSPS) is 14.8. The maximum absolute atomic E-state index is 12.0. The van der Waals surface area contributed by atoms with Crippen LogP contribution in [-0.2, 0) is 13.9 Å². The molecule has 0 saturated carbocycles. The van der Waals surface area contributed by atoms with Crippen molar-refractivity contribution in [3.8, 4) is 0 Å². The zero-order valence-electron chi connectivity index (χ0n) is 14.1. The summed E-state index contributed by atoms with van der Waals surface area (Å²) in [5.74, 6) is 0.404. The van der Waals surface area contributed by atoms with E-state index in [1.54, 1.807) is 0 Å². The fourth-order valence-electron chi connectivity index (χ4n) is 2.01. The van der Waals surface area contributed by atoms with Crippen molar-refractivity contribution in [3.05, 3.63) is 0 Å². The van der Waals surface area contributed by atoms with E-state index in [-0.39, 0.29) is 0 Å². The number of nitrogens with zero attached hydrogens (tertiary/aromatic N) is 1. The Balaban J connectivity index is 4.37. The van der Waals surface area contributed by atoms with Crippen LogP contribution in [0.25, 0.3) is 0 Å². The lowest BCUT2D eigenvalue weighted by Crippen LogP contribution is -2.33. The van der Waals surface area contributed by atoms with Gasteiger partial charge in [-0.15, -0.1) is 0 Å². The van der Waals surface area contributed by atoms with Crippen LogP contribution < -0.4 is 0 Å². The van der Waals surface area contributed by atoms with Gasteiger partial charge in [-0.05, 0) is 39.0 Å². The minimum absolute atomic E-state index is 0.404. The third-order valence-corrected chi connectivity index (χ3v) is 5.17. The molecule has 0 N–H and O–H groups in total. The van der Waals surface area contributed by atoms with E-state index in [1.165, 1.54) is 0 Å². The molecule has 0 aliphatic rings. The highest BCUT2D eigenvalue weighted by Gasteiger charge is 2.19. The predicted molar refractivity (Wildman–Crippen MR) is 90.5 cm³/mol. The Labute approximate surface area is 125 Å². The second-order valence-corrected chi connectivity index (χ2v) is 13.8. The molecular weight excluding hydrogens is 292 g/mol. The van der Waals surface area contributed by atoms with Gasteiger partial charge in [-0.3, -0.25) is 4.90 Å². The molecule has 0 aromatic carbocycles. The maximum Gasteiger partial charge on any atom is 0.0951 e. The lowest BCUT2D eigenvalue weighted by molar-refractivity contribution is 0.0918. The van der Waals surface area contributed by atoms with Crippen LogP contribution in [0.1, 0.15) is 20.3 Å². The van der Waals surface area contributed by atoms with Gasteiger partial charge in [0.15, 0.2) is 0 Å². The van der Waals surface area contributed by atoms with Crippen LogP contribution in [0.2, 0.25) is 0 Å². The zero-order valence-corrected chi connectivity index (χ0v) is 15.9. The molecule has 0 amide bonds. The molecule has 0 saturated heterocycles. The van der Waals surface area contributed by atoms with Gasteiger partial charge in [-0.2, -0.15) is 0 Å². The molecule has 4 nitrogen and oxygen atoms in total. The molecule has 0 aromatic heterocycles. The van der Waals surface area contributed by atoms with Crippen LogP contribution in [0, 0.1) is 5.92 Å². The van der Waals surface area contributed by atoms with E-state index in [9.17, 15) is 9.13 Å². The van der Waals surface area contributed by atoms with Crippen LogP contribution in [0.15, 0.2) is 0 Å². The van der Waals surface area contributed by atoms with Gasteiger partial charge in [-0.25, -0.2) is 0 Å². The molecule has 0 fully saturated rings. The van der Waals surface area contributed by atoms with Gasteiger partial charge in [0.05, 0.1) is 27.2 Å². The monoisotopic (exact) mass is 325 g/mol. The van der Waals surface area contributed by atoms with Crippen molar-refractivity contribution in [2.24, 2.45) is 5.92 Å². The van der Waals surface area contributed by atoms with Gasteiger partial charge in [0.25, 0.3) is 0 Å². The summed E-state index contributed by atoms with van der Waals surface area (Å²) in [6.07, 6.45) is 2.32. The third-order valence-electron chi connectivity index (χ3n) is 2.82. The average Bonchev–Trinajstić information content (AvgIpc) is 2.23. The first-order valence-corrected chi connectivity index (χ1v) is 13.0. The quantitative estimate of drug-likeness (QED) is 0.430. The molecule has 0 radical (unpaired) electrons. The molecule has 0 rings (SSSR count). The van der Waals surface area contributed by atoms with Crippen molar-refractivity contribution in [1.82, 2.24) is 4.90 Å². The van der Waals surface area contributed by atoms with Gasteiger partial charge in [0.1, 0.15) is 0 Å². The SMILES string of the molecule is CCCOCC(C)CN(CCP(C)(C)=O)CP(C)(C)=O. The Morgan fingerprint density at radius 2 is 1.70 bits per heavy atom. The summed E-state index contributed by atoms with van der Waals surface area (Å²) < 4.78 is 29.5. The number of hydrogen-bond donors (Lipinski definition) is 0. The van der Waals surface area contributed by atoms with Gasteiger partial charge in [-0.1, -0.05) is 13.8 Å². The molecule has 0 aliphatic carbocycles. The Kier molecular flexibility index (Phi) is 9.59. The molecule has 0 aromatic rings. The van der Waals surface area contributed by atoms with E-state index < -0.39 is 14.3 Å². The lowest BCUT2D eigenvalue weighted by Gasteiger charge is -2.28. The van der Waals surface area contributed by atoms with Crippen LogP contribution in [0.5, 0.6) is 0 Å². The highest BCUT2D eigenvalue weighted by atomic mass is 31.2. The van der Waals surface area contributed by atoms with Crippen molar-refractivity contribution in [2.45, 2.75) is 20.3 Å². The molecule has 1 atom stereocenters. The van der Waals surface area contributed by atoms with Crippen LogP contribution in [0.4, 0.5) is 0 Å². The maximum atomic E-state index is 12.0. The second kappa shape index (κ2) is 9.41. The van der Waals surface area contributed by atoms with Crippen molar-refractivity contribution in [1.29, 1.82) is 0 Å². The van der Waals surface area contributed by atoms with E-state index >= 15 is 0 Å². The summed E-state index contributed by atoms with van der Waals surface area (Å²) in [5.41, 5.74) is 0. The standard InChI is InChI=1S/C14H33NO3P2/c1-7-9-18-12-14(2)11-15(13-20(5,6)17)8-10-19(3,4)16/h14H,7-13H2,1-6H3. The highest BCUT2D eigenvalue weighted by molar-refractivity contribution is 7.62. The summed E-state index contributed by atoms with van der Waals surface area (Å²) in [4.78, 5) is 2.19. The Hall–Kier alpha value is 0.380. The Morgan fingerprint density at radius 3 is 2.15 bits per heavy atom. The zero-order chi connectivity index (χ0) is 15.8. The summed E-state index contributed by atoms with van der Waals surface area (Å²) >= 11 is 0. The smallest absolute Gasteiger partial charge is 0.0951 e. The molecule has 122 valence electrons. The predicted octanol–water partition coefficient (Wildman–Crippen LogP) is 3.55. The number of rotatable bonds is 11. The van der Waals surface area contributed by atoms with Crippen molar-refractivity contribution < 1.29 is 13.9 Å². The van der Waals surface area contributed by atoms with Crippen LogP contribution in [-0.4, -0.2) is 70.3 Å². The topological polar surface area (TPSA) is 46.6 Å². The van der Waals surface area contributed by atoms with Crippen molar-refractivity contribution in [2.75, 3.05) is 65.4 Å². The molecule has 0 bridgehead atoms. The summed E-state index contributed by atoms with van der Waals surface area (Å²) in [6, 6.07) is 0. The van der Waals surface area contributed by atoms with E-state index in [0.29, 0.717) is 18.4 Å². The molecule has 1 unspecified atom stereocenters. The molecule has 0 spiro atoms. The van der Waals surface area contributed by atoms with Crippen LogP contribution >= 0.6 is 14.3 Å². The summed E-state index contributed by atoms with van der Waals surface area (Å²) in [5, 5.41) is 0. The van der Waals surface area contributed by atoms with Gasteiger partial charge >= 0.3 is 0 Å². The molecule has 0 heterocycles. The van der Waals surface area contributed by atoms with Crippen LogP contribution in [0.3, 0.4) is 0 Å². The highest BCUT2D eigenvalue weighted by Crippen LogP contribution is 2.39. The van der Waals surface area contributed by atoms with E-state index in [2.05, 4.69) is 18.7 Å². The minimum Gasteiger partial charge on any atom is -0.381 e. The molecule has 20 heavy (non-hydrogen) atoms. The second-order valence-electron chi connectivity index (χ2n) is 6.77. The Bertz CT molecular complexity index is 348. The van der Waals surface area contributed by atoms with Gasteiger partial charge in [0.2, 0.25) is 0 Å². The molecule has 6 heteroatoms. The fraction of sp³-hybridized carbons (Fsp3) is 1.00. The first-order valence-electron chi connectivity index (χ1n) is 7.41. The minimum atomic E-state index is -2.10. The molecular formula is C14H33NO3P2. The van der Waals surface area contributed by atoms with Crippen molar-refractivity contribution >= 4 is 14.3 Å². The van der Waals surface area contributed by atoms with E-state index in [4.69, 9.17) is 4.74 Å². The number of ether oxygens (including phenoxy) is 1. The van der Waals surface area contributed by atoms with E-state index in [1.807, 2.05) is 26.7 Å². The van der Waals surface area contributed by atoms with Gasteiger partial charge < -0.3 is 13.9 Å². The first kappa shape index (κ1) is 20.4. The Morgan fingerprint density at radius 1 is 1.10 bits per heavy atom. The number of hydrogen-bond acceptors (Lipinski definition) is 4. The molecule has 0 aliphatic heterocycles. The summed E-state index contributed by atoms with van der Waals surface area (Å²) in [6.45, 7) is 14.7.